The Morgan fingerprint density at radius 2 is 2.20 bits per heavy atom. The number of pyridine rings is 1. The zero-order chi connectivity index (χ0) is 17.8. The number of hydrogen-bond acceptors (Lipinski definition) is 4. The third kappa shape index (κ3) is 4.87. The van der Waals surface area contributed by atoms with Crippen molar-refractivity contribution in [2.45, 2.75) is 12.5 Å². The van der Waals surface area contributed by atoms with Crippen molar-refractivity contribution in [3.63, 3.8) is 0 Å². The highest BCUT2D eigenvalue weighted by atomic mass is 35.5. The van der Waals surface area contributed by atoms with Gasteiger partial charge in [-0.15, -0.1) is 0 Å². The van der Waals surface area contributed by atoms with Crippen LogP contribution in [0.4, 0.5) is 14.5 Å². The maximum atomic E-state index is 13.1. The van der Waals surface area contributed by atoms with Gasteiger partial charge >= 0.3 is 0 Å². The largest absolute Gasteiger partial charge is 0.473 e. The number of likely N-dealkylation sites (tertiary alicyclic amines) is 1. The van der Waals surface area contributed by atoms with Crippen molar-refractivity contribution in [2.75, 3.05) is 25.0 Å². The normalized spacial score (nSPS) is 17.5. The summed E-state index contributed by atoms with van der Waals surface area (Å²) in [7, 11) is 0. The number of ether oxygens (including phenoxy) is 1. The third-order valence-electron chi connectivity index (χ3n) is 3.78. The molecule has 0 aliphatic carbocycles. The van der Waals surface area contributed by atoms with Crippen molar-refractivity contribution in [3.8, 4) is 5.88 Å². The predicted octanol–water partition coefficient (Wildman–Crippen LogP) is 3.11. The zero-order valence-electron chi connectivity index (χ0n) is 13.2. The van der Waals surface area contributed by atoms with E-state index >= 15 is 0 Å². The number of rotatable bonds is 5. The fraction of sp³-hybridized carbons (Fsp3) is 0.294. The van der Waals surface area contributed by atoms with Crippen molar-refractivity contribution < 1.29 is 18.3 Å². The second-order valence-corrected chi connectivity index (χ2v) is 6.15. The Morgan fingerprint density at radius 1 is 1.36 bits per heavy atom. The first-order chi connectivity index (χ1) is 12.0. The SMILES string of the molecule is O=C(CN1CCC(Oc2cccc(F)n2)C1)Nc1ccc(F)c(Cl)c1. The van der Waals surface area contributed by atoms with Gasteiger partial charge in [0.1, 0.15) is 11.9 Å². The van der Waals surface area contributed by atoms with Crippen LogP contribution in [0.2, 0.25) is 5.02 Å². The van der Waals surface area contributed by atoms with E-state index in [-0.39, 0.29) is 29.5 Å². The molecule has 1 saturated heterocycles. The van der Waals surface area contributed by atoms with E-state index in [0.717, 1.165) is 0 Å². The molecule has 5 nitrogen and oxygen atoms in total. The molecule has 0 spiro atoms. The maximum Gasteiger partial charge on any atom is 0.238 e. The Bertz CT molecular complexity index is 775. The van der Waals surface area contributed by atoms with Crippen molar-refractivity contribution >= 4 is 23.2 Å². The lowest BCUT2D eigenvalue weighted by atomic mass is 10.3. The van der Waals surface area contributed by atoms with Crippen molar-refractivity contribution in [2.24, 2.45) is 0 Å². The van der Waals surface area contributed by atoms with E-state index in [1.54, 1.807) is 6.07 Å². The number of aromatic nitrogens is 1. The minimum absolute atomic E-state index is 0.0463. The van der Waals surface area contributed by atoms with E-state index in [1.807, 2.05) is 4.90 Å². The first kappa shape index (κ1) is 17.6. The third-order valence-corrected chi connectivity index (χ3v) is 4.07. The molecular weight excluding hydrogens is 352 g/mol. The van der Waals surface area contributed by atoms with E-state index in [1.165, 1.54) is 30.3 Å². The highest BCUT2D eigenvalue weighted by Crippen LogP contribution is 2.20. The summed E-state index contributed by atoms with van der Waals surface area (Å²) in [5.41, 5.74) is 0.437. The number of hydrogen-bond donors (Lipinski definition) is 1. The lowest BCUT2D eigenvalue weighted by Gasteiger charge is -2.16. The second-order valence-electron chi connectivity index (χ2n) is 5.74. The van der Waals surface area contributed by atoms with Gasteiger partial charge in [-0.2, -0.15) is 9.37 Å². The van der Waals surface area contributed by atoms with Gasteiger partial charge in [-0.3, -0.25) is 9.69 Å². The van der Waals surface area contributed by atoms with Crippen LogP contribution in [-0.4, -0.2) is 41.5 Å². The molecule has 1 aromatic carbocycles. The van der Waals surface area contributed by atoms with Crippen LogP contribution >= 0.6 is 11.6 Å². The summed E-state index contributed by atoms with van der Waals surface area (Å²) in [6.07, 6.45) is 0.566. The molecule has 1 aliphatic heterocycles. The lowest BCUT2D eigenvalue weighted by Crippen LogP contribution is -2.33. The Hall–Kier alpha value is -2.25. The fourth-order valence-corrected chi connectivity index (χ4v) is 2.82. The van der Waals surface area contributed by atoms with E-state index in [0.29, 0.717) is 25.2 Å². The zero-order valence-corrected chi connectivity index (χ0v) is 14.0. The molecule has 132 valence electrons. The van der Waals surface area contributed by atoms with Gasteiger partial charge in [0, 0.05) is 24.8 Å². The average Bonchev–Trinajstić information content (AvgIpc) is 2.98. The molecule has 25 heavy (non-hydrogen) atoms. The van der Waals surface area contributed by atoms with Gasteiger partial charge in [0.15, 0.2) is 0 Å². The summed E-state index contributed by atoms with van der Waals surface area (Å²) < 4.78 is 31.8. The molecule has 0 radical (unpaired) electrons. The van der Waals surface area contributed by atoms with Crippen LogP contribution in [0.3, 0.4) is 0 Å². The Balaban J connectivity index is 1.49. The number of halogens is 3. The minimum atomic E-state index is -0.593. The molecule has 8 heteroatoms. The molecule has 1 unspecified atom stereocenters. The number of anilines is 1. The Kier molecular flexibility index (Phi) is 5.45. The van der Waals surface area contributed by atoms with Crippen LogP contribution in [0.1, 0.15) is 6.42 Å². The second kappa shape index (κ2) is 7.76. The van der Waals surface area contributed by atoms with Crippen molar-refractivity contribution in [1.29, 1.82) is 0 Å². The van der Waals surface area contributed by atoms with E-state index < -0.39 is 11.8 Å². The van der Waals surface area contributed by atoms with Gasteiger partial charge in [0.05, 0.1) is 11.6 Å². The fourth-order valence-electron chi connectivity index (χ4n) is 2.64. The van der Waals surface area contributed by atoms with Crippen LogP contribution in [0.15, 0.2) is 36.4 Å². The monoisotopic (exact) mass is 367 g/mol. The molecule has 1 atom stereocenters. The lowest BCUT2D eigenvalue weighted by molar-refractivity contribution is -0.117. The highest BCUT2D eigenvalue weighted by molar-refractivity contribution is 6.31. The molecule has 2 heterocycles. The summed E-state index contributed by atoms with van der Waals surface area (Å²) in [4.78, 5) is 17.7. The molecule has 0 bridgehead atoms. The number of carbonyl (C=O) groups excluding carboxylic acids is 1. The number of nitrogens with zero attached hydrogens (tertiary/aromatic N) is 2. The van der Waals surface area contributed by atoms with Crippen molar-refractivity contribution in [1.82, 2.24) is 9.88 Å². The maximum absolute atomic E-state index is 13.1. The standard InChI is InChI=1S/C17H16ClF2N3O2/c18-13-8-11(4-5-14(13)19)21-16(24)10-23-7-6-12(9-23)25-17-3-1-2-15(20)22-17/h1-5,8,12H,6-7,9-10H2,(H,21,24). The molecule has 3 rings (SSSR count). The molecular formula is C17H16ClF2N3O2. The van der Waals surface area contributed by atoms with Crippen LogP contribution in [0.5, 0.6) is 5.88 Å². The van der Waals surface area contributed by atoms with E-state index in [9.17, 15) is 13.6 Å². The van der Waals surface area contributed by atoms with E-state index in [2.05, 4.69) is 10.3 Å². The molecule has 1 aliphatic rings. The van der Waals surface area contributed by atoms with Crippen molar-refractivity contribution in [3.05, 3.63) is 53.2 Å². The summed E-state index contributed by atoms with van der Waals surface area (Å²) in [5, 5.41) is 2.63. The van der Waals surface area contributed by atoms with Crippen LogP contribution in [0, 0.1) is 11.8 Å². The number of carbonyl (C=O) groups is 1. The van der Waals surface area contributed by atoms with Gasteiger partial charge in [0.25, 0.3) is 0 Å². The Morgan fingerprint density at radius 3 is 2.96 bits per heavy atom. The van der Waals surface area contributed by atoms with E-state index in [4.69, 9.17) is 16.3 Å². The van der Waals surface area contributed by atoms with Gasteiger partial charge in [-0.25, -0.2) is 4.39 Å². The molecule has 1 amide bonds. The number of benzene rings is 1. The highest BCUT2D eigenvalue weighted by Gasteiger charge is 2.26. The topological polar surface area (TPSA) is 54.5 Å². The van der Waals surface area contributed by atoms with Gasteiger partial charge < -0.3 is 10.1 Å². The quantitative estimate of drug-likeness (QED) is 0.825. The average molecular weight is 368 g/mol. The minimum Gasteiger partial charge on any atom is -0.473 e. The predicted molar refractivity (Wildman–Crippen MR) is 89.7 cm³/mol. The molecule has 1 fully saturated rings. The van der Waals surface area contributed by atoms with Gasteiger partial charge in [-0.05, 0) is 30.7 Å². The smallest absolute Gasteiger partial charge is 0.238 e. The number of nitrogens with one attached hydrogen (secondary N) is 1. The van der Waals surface area contributed by atoms with Gasteiger partial charge in [0.2, 0.25) is 17.7 Å². The molecule has 0 saturated carbocycles. The number of amides is 1. The van der Waals surface area contributed by atoms with Crippen LogP contribution in [-0.2, 0) is 4.79 Å². The molecule has 1 aromatic heterocycles. The summed E-state index contributed by atoms with van der Waals surface area (Å²) >= 11 is 5.69. The first-order valence-corrected chi connectivity index (χ1v) is 8.14. The Labute approximate surface area is 148 Å². The summed E-state index contributed by atoms with van der Waals surface area (Å²) in [6.45, 7) is 1.39. The summed E-state index contributed by atoms with van der Waals surface area (Å²) in [5.74, 6) is -1.13. The van der Waals surface area contributed by atoms with Crippen LogP contribution in [0.25, 0.3) is 0 Å². The van der Waals surface area contributed by atoms with Gasteiger partial charge in [-0.1, -0.05) is 17.7 Å². The summed E-state index contributed by atoms with van der Waals surface area (Å²) in [6, 6.07) is 8.39. The molecule has 1 N–H and O–H groups in total. The van der Waals surface area contributed by atoms with Crippen LogP contribution < -0.4 is 10.1 Å². The first-order valence-electron chi connectivity index (χ1n) is 7.76. The molecule has 2 aromatic rings.